The van der Waals surface area contributed by atoms with Crippen LogP contribution in [0.1, 0.15) is 23.9 Å². The summed E-state index contributed by atoms with van der Waals surface area (Å²) in [5.74, 6) is 0.950. The number of benzene rings is 1. The van der Waals surface area contributed by atoms with Crippen LogP contribution in [-0.2, 0) is 19.6 Å². The van der Waals surface area contributed by atoms with E-state index in [9.17, 15) is 0 Å². The minimum atomic E-state index is 0.112. The fourth-order valence-corrected chi connectivity index (χ4v) is 3.42. The first kappa shape index (κ1) is 15.4. The summed E-state index contributed by atoms with van der Waals surface area (Å²) in [6.07, 6.45) is 0.903. The Balaban J connectivity index is 1.52. The Morgan fingerprint density at radius 2 is 1.77 bits per heavy atom. The Hall–Kier alpha value is -1.50. The summed E-state index contributed by atoms with van der Waals surface area (Å²) in [4.78, 5) is 9.37. The Bertz CT molecular complexity index is 590. The van der Waals surface area contributed by atoms with Crippen molar-refractivity contribution in [3.05, 3.63) is 41.2 Å². The maximum Gasteiger partial charge on any atom is 0.205 e. The predicted molar refractivity (Wildman–Crippen MR) is 89.1 cm³/mol. The summed E-state index contributed by atoms with van der Waals surface area (Å²) in [6, 6.07) is 8.21. The summed E-state index contributed by atoms with van der Waals surface area (Å²) < 4.78 is 4.37. The number of aliphatic hydroxyl groups excluding tert-OH is 1. The van der Waals surface area contributed by atoms with Crippen molar-refractivity contribution in [3.8, 4) is 0 Å². The van der Waals surface area contributed by atoms with Crippen molar-refractivity contribution in [2.75, 3.05) is 31.1 Å². The first-order valence-electron chi connectivity index (χ1n) is 7.77. The van der Waals surface area contributed by atoms with Crippen molar-refractivity contribution in [2.24, 2.45) is 0 Å². The van der Waals surface area contributed by atoms with Crippen molar-refractivity contribution >= 4 is 16.7 Å². The largest absolute Gasteiger partial charge is 0.392 e. The molecule has 2 heterocycles. The molecule has 1 saturated heterocycles. The third kappa shape index (κ3) is 3.63. The van der Waals surface area contributed by atoms with Gasteiger partial charge in [0.15, 0.2) is 0 Å². The Labute approximate surface area is 135 Å². The third-order valence-electron chi connectivity index (χ3n) is 4.03. The standard InChI is InChI=1S/C16H22N4OS/c1-2-15-17-16(22-18-15)20-9-7-19(8-10-20)11-13-3-5-14(12-21)6-4-13/h3-6,21H,2,7-12H2,1H3. The summed E-state index contributed by atoms with van der Waals surface area (Å²) in [5.41, 5.74) is 2.27. The van der Waals surface area contributed by atoms with E-state index in [0.717, 1.165) is 55.7 Å². The summed E-state index contributed by atoms with van der Waals surface area (Å²) in [7, 11) is 0. The lowest BCUT2D eigenvalue weighted by Gasteiger charge is -2.34. The normalized spacial score (nSPS) is 16.2. The molecule has 1 N–H and O–H groups in total. The highest BCUT2D eigenvalue weighted by Gasteiger charge is 2.19. The second-order valence-electron chi connectivity index (χ2n) is 5.58. The average molecular weight is 318 g/mol. The van der Waals surface area contributed by atoms with E-state index in [1.54, 1.807) is 0 Å². The highest BCUT2D eigenvalue weighted by atomic mass is 32.1. The van der Waals surface area contributed by atoms with Crippen LogP contribution in [0.25, 0.3) is 0 Å². The Morgan fingerprint density at radius 3 is 2.36 bits per heavy atom. The van der Waals surface area contributed by atoms with E-state index >= 15 is 0 Å². The minimum absolute atomic E-state index is 0.112. The molecule has 3 rings (SSSR count). The first-order chi connectivity index (χ1) is 10.8. The number of aryl methyl sites for hydroxylation is 1. The molecule has 1 aromatic heterocycles. The molecule has 0 spiro atoms. The van der Waals surface area contributed by atoms with Crippen LogP contribution in [0.4, 0.5) is 5.13 Å². The molecule has 1 fully saturated rings. The van der Waals surface area contributed by atoms with Crippen LogP contribution in [0.5, 0.6) is 0 Å². The van der Waals surface area contributed by atoms with Gasteiger partial charge >= 0.3 is 0 Å². The third-order valence-corrected chi connectivity index (χ3v) is 4.84. The van der Waals surface area contributed by atoms with Crippen molar-refractivity contribution in [3.63, 3.8) is 0 Å². The van der Waals surface area contributed by atoms with Crippen LogP contribution >= 0.6 is 11.5 Å². The molecule has 1 aliphatic rings. The van der Waals surface area contributed by atoms with Crippen molar-refractivity contribution < 1.29 is 5.11 Å². The van der Waals surface area contributed by atoms with Crippen molar-refractivity contribution in [1.82, 2.24) is 14.3 Å². The molecule has 6 heteroatoms. The van der Waals surface area contributed by atoms with Gasteiger partial charge < -0.3 is 10.0 Å². The number of hydrogen-bond acceptors (Lipinski definition) is 6. The van der Waals surface area contributed by atoms with Gasteiger partial charge in [-0.25, -0.2) is 4.98 Å². The number of aromatic nitrogens is 2. The van der Waals surface area contributed by atoms with Crippen LogP contribution in [0.2, 0.25) is 0 Å². The van der Waals surface area contributed by atoms with Crippen LogP contribution in [0, 0.1) is 0 Å². The molecule has 0 unspecified atom stereocenters. The number of anilines is 1. The van der Waals surface area contributed by atoms with Gasteiger partial charge in [0.25, 0.3) is 0 Å². The molecule has 0 saturated carbocycles. The van der Waals surface area contributed by atoms with E-state index in [4.69, 9.17) is 5.11 Å². The maximum atomic E-state index is 9.08. The van der Waals surface area contributed by atoms with Gasteiger partial charge in [-0.3, -0.25) is 4.90 Å². The van der Waals surface area contributed by atoms with Crippen LogP contribution in [-0.4, -0.2) is 45.5 Å². The second kappa shape index (κ2) is 7.17. The topological polar surface area (TPSA) is 52.5 Å². The van der Waals surface area contributed by atoms with Gasteiger partial charge in [-0.1, -0.05) is 31.2 Å². The van der Waals surface area contributed by atoms with Crippen molar-refractivity contribution in [2.45, 2.75) is 26.5 Å². The van der Waals surface area contributed by atoms with Crippen molar-refractivity contribution in [1.29, 1.82) is 0 Å². The van der Waals surface area contributed by atoms with Gasteiger partial charge in [0.1, 0.15) is 5.82 Å². The molecule has 22 heavy (non-hydrogen) atoms. The van der Waals surface area contributed by atoms with Gasteiger partial charge in [-0.2, -0.15) is 4.37 Å². The molecule has 0 aliphatic carbocycles. The van der Waals surface area contributed by atoms with E-state index in [1.165, 1.54) is 17.1 Å². The van der Waals surface area contributed by atoms with Gasteiger partial charge in [0, 0.05) is 50.7 Å². The van der Waals surface area contributed by atoms with E-state index in [2.05, 4.69) is 38.2 Å². The second-order valence-corrected chi connectivity index (χ2v) is 6.31. The lowest BCUT2D eigenvalue weighted by atomic mass is 10.1. The van der Waals surface area contributed by atoms with E-state index in [-0.39, 0.29) is 6.61 Å². The predicted octanol–water partition coefficient (Wildman–Crippen LogP) is 1.91. The number of nitrogens with zero attached hydrogens (tertiary/aromatic N) is 4. The first-order valence-corrected chi connectivity index (χ1v) is 8.54. The lowest BCUT2D eigenvalue weighted by Crippen LogP contribution is -2.45. The molecule has 1 aliphatic heterocycles. The van der Waals surface area contributed by atoms with E-state index in [0.29, 0.717) is 0 Å². The number of hydrogen-bond donors (Lipinski definition) is 1. The molecular formula is C16H22N4OS. The Kier molecular flexibility index (Phi) is 5.02. The molecular weight excluding hydrogens is 296 g/mol. The minimum Gasteiger partial charge on any atom is -0.392 e. The summed E-state index contributed by atoms with van der Waals surface area (Å²) in [5, 5.41) is 10.1. The monoisotopic (exact) mass is 318 g/mol. The van der Waals surface area contributed by atoms with Gasteiger partial charge in [0.2, 0.25) is 5.13 Å². The zero-order chi connectivity index (χ0) is 15.4. The van der Waals surface area contributed by atoms with Crippen LogP contribution in [0.15, 0.2) is 24.3 Å². The molecule has 2 aromatic rings. The zero-order valence-electron chi connectivity index (χ0n) is 12.9. The zero-order valence-corrected chi connectivity index (χ0v) is 13.7. The molecule has 1 aromatic carbocycles. The average Bonchev–Trinajstić information content (AvgIpc) is 3.05. The van der Waals surface area contributed by atoms with Crippen LogP contribution in [0.3, 0.4) is 0 Å². The quantitative estimate of drug-likeness (QED) is 0.913. The smallest absolute Gasteiger partial charge is 0.205 e. The molecule has 118 valence electrons. The SMILES string of the molecule is CCc1nsc(N2CCN(Cc3ccc(CO)cc3)CC2)n1. The van der Waals surface area contributed by atoms with Crippen LogP contribution < -0.4 is 4.90 Å². The highest BCUT2D eigenvalue weighted by Crippen LogP contribution is 2.20. The molecule has 5 nitrogen and oxygen atoms in total. The lowest BCUT2D eigenvalue weighted by molar-refractivity contribution is 0.249. The number of rotatable bonds is 5. The van der Waals surface area contributed by atoms with E-state index < -0.39 is 0 Å². The molecule has 0 amide bonds. The van der Waals surface area contributed by atoms with Gasteiger partial charge in [-0.15, -0.1) is 0 Å². The fourth-order valence-electron chi connectivity index (χ4n) is 2.62. The molecule has 0 atom stereocenters. The molecule has 0 radical (unpaired) electrons. The number of piperazine rings is 1. The Morgan fingerprint density at radius 1 is 1.09 bits per heavy atom. The fraction of sp³-hybridized carbons (Fsp3) is 0.500. The van der Waals surface area contributed by atoms with E-state index in [1.807, 2.05) is 12.1 Å². The highest BCUT2D eigenvalue weighted by molar-refractivity contribution is 7.09. The van der Waals surface area contributed by atoms with Gasteiger partial charge in [-0.05, 0) is 11.1 Å². The number of aliphatic hydroxyl groups is 1. The maximum absolute atomic E-state index is 9.08. The molecule has 0 bridgehead atoms. The summed E-state index contributed by atoms with van der Waals surface area (Å²) >= 11 is 1.51. The summed E-state index contributed by atoms with van der Waals surface area (Å²) in [6.45, 7) is 7.27. The van der Waals surface area contributed by atoms with Gasteiger partial charge in [0.05, 0.1) is 6.61 Å².